The molecule has 3 rings (SSSR count). The predicted octanol–water partition coefficient (Wildman–Crippen LogP) is 2.83. The molecule has 1 aromatic carbocycles. The van der Waals surface area contributed by atoms with E-state index in [1.165, 1.54) is 5.69 Å². The van der Waals surface area contributed by atoms with Gasteiger partial charge in [0.1, 0.15) is 5.78 Å². The quantitative estimate of drug-likeness (QED) is 0.856. The lowest BCUT2D eigenvalue weighted by atomic mass is 10.1. The molecule has 0 aromatic heterocycles. The Kier molecular flexibility index (Phi) is 4.27. The summed E-state index contributed by atoms with van der Waals surface area (Å²) in [6, 6.07) is 8.05. The molecule has 2 aliphatic rings. The fourth-order valence-corrected chi connectivity index (χ4v) is 3.36. The number of anilines is 1. The zero-order valence-electron chi connectivity index (χ0n) is 11.7. The third kappa shape index (κ3) is 3.15. The van der Waals surface area contributed by atoms with E-state index < -0.39 is 0 Å². The highest BCUT2D eigenvalue weighted by Crippen LogP contribution is 2.24. The summed E-state index contributed by atoms with van der Waals surface area (Å²) in [6.07, 6.45) is 2.99. The first-order valence-corrected chi connectivity index (χ1v) is 7.86. The Balaban J connectivity index is 1.51. The van der Waals surface area contributed by atoms with Crippen LogP contribution in [0, 0.1) is 5.92 Å². The molecule has 1 unspecified atom stereocenters. The SMILES string of the molecule is O=C1CCCC1CN1CCN(c2ccc(Cl)cc2)CC1. The van der Waals surface area contributed by atoms with E-state index >= 15 is 0 Å². The van der Waals surface area contributed by atoms with E-state index in [1.54, 1.807) is 0 Å². The lowest BCUT2D eigenvalue weighted by Crippen LogP contribution is -2.48. The first-order valence-electron chi connectivity index (χ1n) is 7.48. The van der Waals surface area contributed by atoms with Gasteiger partial charge < -0.3 is 4.90 Å². The highest BCUT2D eigenvalue weighted by atomic mass is 35.5. The number of carbonyl (C=O) groups is 1. The predicted molar refractivity (Wildman–Crippen MR) is 82.5 cm³/mol. The Morgan fingerprint density at radius 1 is 1.10 bits per heavy atom. The van der Waals surface area contributed by atoms with Gasteiger partial charge in [-0.05, 0) is 37.1 Å². The Morgan fingerprint density at radius 3 is 2.40 bits per heavy atom. The van der Waals surface area contributed by atoms with Gasteiger partial charge in [-0.15, -0.1) is 0 Å². The maximum Gasteiger partial charge on any atom is 0.137 e. The van der Waals surface area contributed by atoms with E-state index in [4.69, 9.17) is 11.6 Å². The largest absolute Gasteiger partial charge is 0.369 e. The zero-order chi connectivity index (χ0) is 13.9. The van der Waals surface area contributed by atoms with Crippen molar-refractivity contribution < 1.29 is 4.79 Å². The fraction of sp³-hybridized carbons (Fsp3) is 0.562. The van der Waals surface area contributed by atoms with Crippen molar-refractivity contribution in [2.45, 2.75) is 19.3 Å². The molecule has 2 fully saturated rings. The molecule has 4 heteroatoms. The van der Waals surface area contributed by atoms with Gasteiger partial charge in [-0.25, -0.2) is 0 Å². The summed E-state index contributed by atoms with van der Waals surface area (Å²) in [5.41, 5.74) is 1.24. The van der Waals surface area contributed by atoms with E-state index in [0.29, 0.717) is 11.7 Å². The van der Waals surface area contributed by atoms with Crippen LogP contribution >= 0.6 is 11.6 Å². The molecule has 0 amide bonds. The lowest BCUT2D eigenvalue weighted by molar-refractivity contribution is -0.121. The lowest BCUT2D eigenvalue weighted by Gasteiger charge is -2.37. The van der Waals surface area contributed by atoms with Gasteiger partial charge in [0.2, 0.25) is 0 Å². The summed E-state index contributed by atoms with van der Waals surface area (Å²) < 4.78 is 0. The summed E-state index contributed by atoms with van der Waals surface area (Å²) in [5.74, 6) is 0.780. The van der Waals surface area contributed by atoms with E-state index in [0.717, 1.165) is 57.0 Å². The van der Waals surface area contributed by atoms with Gasteiger partial charge in [0, 0.05) is 55.8 Å². The Morgan fingerprint density at radius 2 is 1.80 bits per heavy atom. The number of hydrogen-bond donors (Lipinski definition) is 0. The number of Topliss-reactive ketones (excluding diaryl/α,β-unsaturated/α-hetero) is 1. The second-order valence-electron chi connectivity index (χ2n) is 5.82. The molecule has 0 N–H and O–H groups in total. The summed E-state index contributed by atoms with van der Waals surface area (Å²) in [7, 11) is 0. The molecule has 20 heavy (non-hydrogen) atoms. The molecule has 1 saturated heterocycles. The molecule has 1 aliphatic carbocycles. The van der Waals surface area contributed by atoms with Crippen LogP contribution in [0.4, 0.5) is 5.69 Å². The standard InChI is InChI=1S/C16H21ClN2O/c17-14-4-6-15(7-5-14)19-10-8-18(9-11-19)12-13-2-1-3-16(13)20/h4-7,13H,1-3,8-12H2. The van der Waals surface area contributed by atoms with Gasteiger partial charge in [-0.3, -0.25) is 9.69 Å². The van der Waals surface area contributed by atoms with Crippen molar-refractivity contribution in [3.05, 3.63) is 29.3 Å². The topological polar surface area (TPSA) is 23.6 Å². The summed E-state index contributed by atoms with van der Waals surface area (Å²) in [6.45, 7) is 5.12. The van der Waals surface area contributed by atoms with Gasteiger partial charge in [0.05, 0.1) is 0 Å². The monoisotopic (exact) mass is 292 g/mol. The average molecular weight is 293 g/mol. The maximum atomic E-state index is 11.7. The number of piperazine rings is 1. The fourth-order valence-electron chi connectivity index (χ4n) is 3.23. The average Bonchev–Trinajstić information content (AvgIpc) is 2.86. The first-order chi connectivity index (χ1) is 9.72. The summed E-state index contributed by atoms with van der Waals surface area (Å²) in [5, 5.41) is 0.784. The van der Waals surface area contributed by atoms with Gasteiger partial charge in [-0.1, -0.05) is 11.6 Å². The number of nitrogens with zero attached hydrogens (tertiary/aromatic N) is 2. The zero-order valence-corrected chi connectivity index (χ0v) is 12.5. The molecular weight excluding hydrogens is 272 g/mol. The van der Waals surface area contributed by atoms with Crippen LogP contribution in [0.5, 0.6) is 0 Å². The highest BCUT2D eigenvalue weighted by Gasteiger charge is 2.27. The van der Waals surface area contributed by atoms with Crippen molar-refractivity contribution in [1.82, 2.24) is 4.90 Å². The van der Waals surface area contributed by atoms with Crippen molar-refractivity contribution >= 4 is 23.1 Å². The Bertz CT molecular complexity index is 466. The molecule has 3 nitrogen and oxygen atoms in total. The van der Waals surface area contributed by atoms with Crippen LogP contribution in [0.15, 0.2) is 24.3 Å². The number of halogens is 1. The summed E-state index contributed by atoms with van der Waals surface area (Å²) in [4.78, 5) is 16.6. The maximum absolute atomic E-state index is 11.7. The third-order valence-corrected chi connectivity index (χ3v) is 4.73. The molecule has 1 heterocycles. The molecule has 108 valence electrons. The Labute approximate surface area is 125 Å². The van der Waals surface area contributed by atoms with Crippen LogP contribution in [-0.4, -0.2) is 43.4 Å². The minimum atomic E-state index is 0.303. The molecule has 1 aromatic rings. The highest BCUT2D eigenvalue weighted by molar-refractivity contribution is 6.30. The van der Waals surface area contributed by atoms with Gasteiger partial charge in [0.25, 0.3) is 0 Å². The molecular formula is C16H21ClN2O. The molecule has 1 saturated carbocycles. The number of benzene rings is 1. The first kappa shape index (κ1) is 13.9. The normalized spacial score (nSPS) is 24.4. The molecule has 1 atom stereocenters. The van der Waals surface area contributed by atoms with E-state index in [1.807, 2.05) is 12.1 Å². The van der Waals surface area contributed by atoms with Crippen LogP contribution in [0.1, 0.15) is 19.3 Å². The van der Waals surface area contributed by atoms with Crippen molar-refractivity contribution in [1.29, 1.82) is 0 Å². The van der Waals surface area contributed by atoms with Crippen molar-refractivity contribution in [2.24, 2.45) is 5.92 Å². The van der Waals surface area contributed by atoms with Crippen molar-refractivity contribution in [3.8, 4) is 0 Å². The second-order valence-corrected chi connectivity index (χ2v) is 6.26. The minimum Gasteiger partial charge on any atom is -0.369 e. The van der Waals surface area contributed by atoms with Gasteiger partial charge in [0.15, 0.2) is 0 Å². The van der Waals surface area contributed by atoms with Gasteiger partial charge in [-0.2, -0.15) is 0 Å². The number of rotatable bonds is 3. The van der Waals surface area contributed by atoms with Crippen LogP contribution in [-0.2, 0) is 4.79 Å². The molecule has 0 radical (unpaired) electrons. The van der Waals surface area contributed by atoms with Crippen LogP contribution in [0.2, 0.25) is 5.02 Å². The van der Waals surface area contributed by atoms with Crippen LogP contribution in [0.25, 0.3) is 0 Å². The van der Waals surface area contributed by atoms with Crippen molar-refractivity contribution in [2.75, 3.05) is 37.6 Å². The minimum absolute atomic E-state index is 0.303. The van der Waals surface area contributed by atoms with E-state index in [9.17, 15) is 4.79 Å². The number of ketones is 1. The number of carbonyl (C=O) groups excluding carboxylic acids is 1. The Hall–Kier alpha value is -1.06. The second kappa shape index (κ2) is 6.15. The van der Waals surface area contributed by atoms with E-state index in [2.05, 4.69) is 21.9 Å². The molecule has 0 spiro atoms. The summed E-state index contributed by atoms with van der Waals surface area (Å²) >= 11 is 5.92. The van der Waals surface area contributed by atoms with Crippen molar-refractivity contribution in [3.63, 3.8) is 0 Å². The molecule has 0 bridgehead atoms. The smallest absolute Gasteiger partial charge is 0.137 e. The van der Waals surface area contributed by atoms with Gasteiger partial charge >= 0.3 is 0 Å². The van der Waals surface area contributed by atoms with Crippen LogP contribution < -0.4 is 4.90 Å². The van der Waals surface area contributed by atoms with Crippen LogP contribution in [0.3, 0.4) is 0 Å². The number of hydrogen-bond acceptors (Lipinski definition) is 3. The van der Waals surface area contributed by atoms with E-state index in [-0.39, 0.29) is 0 Å². The molecule has 1 aliphatic heterocycles. The third-order valence-electron chi connectivity index (χ3n) is 4.47.